The summed E-state index contributed by atoms with van der Waals surface area (Å²) in [6.07, 6.45) is 7.87. The molecule has 0 fully saturated rings. The van der Waals surface area contributed by atoms with Crippen molar-refractivity contribution in [2.24, 2.45) is 0 Å². The second-order valence-corrected chi connectivity index (χ2v) is 5.40. The van der Waals surface area contributed by atoms with E-state index >= 15 is 0 Å². The molecule has 0 aliphatic heterocycles. The molecule has 2 N–H and O–H groups in total. The smallest absolute Gasteiger partial charge is 0.251 e. The Hall–Kier alpha value is -2.17. The predicted molar refractivity (Wildman–Crippen MR) is 82.9 cm³/mol. The highest BCUT2D eigenvalue weighted by Gasteiger charge is 2.08. The van der Waals surface area contributed by atoms with E-state index in [0.717, 1.165) is 19.3 Å². The third kappa shape index (κ3) is 5.31. The van der Waals surface area contributed by atoms with Gasteiger partial charge in [-0.2, -0.15) is 0 Å². The summed E-state index contributed by atoms with van der Waals surface area (Å²) in [6.45, 7) is 0.520. The van der Waals surface area contributed by atoms with E-state index in [1.54, 1.807) is 0 Å². The summed E-state index contributed by atoms with van der Waals surface area (Å²) in [5.74, 6) is -0.997. The number of amides is 2. The van der Waals surface area contributed by atoms with Crippen LogP contribution in [0.1, 0.15) is 42.5 Å². The zero-order valence-electron chi connectivity index (χ0n) is 12.5. The molecule has 0 aromatic heterocycles. The fourth-order valence-corrected chi connectivity index (χ4v) is 2.42. The van der Waals surface area contributed by atoms with Gasteiger partial charge in [-0.1, -0.05) is 11.6 Å². The van der Waals surface area contributed by atoms with Crippen molar-refractivity contribution in [1.82, 2.24) is 10.6 Å². The molecule has 0 heterocycles. The van der Waals surface area contributed by atoms with E-state index < -0.39 is 5.82 Å². The molecule has 1 aliphatic carbocycles. The zero-order valence-corrected chi connectivity index (χ0v) is 12.5. The Morgan fingerprint density at radius 1 is 1.09 bits per heavy atom. The van der Waals surface area contributed by atoms with Crippen molar-refractivity contribution in [2.45, 2.75) is 32.1 Å². The lowest BCUT2D eigenvalue weighted by atomic mass is 9.97. The molecule has 2 amide bonds. The summed E-state index contributed by atoms with van der Waals surface area (Å²) >= 11 is 0. The molecule has 118 valence electrons. The lowest BCUT2D eigenvalue weighted by Gasteiger charge is -2.13. The highest BCUT2D eigenvalue weighted by atomic mass is 19.1. The largest absolute Gasteiger partial charge is 0.354 e. The number of carbonyl (C=O) groups is 2. The molecule has 5 heteroatoms. The lowest BCUT2D eigenvalue weighted by Crippen LogP contribution is -2.37. The van der Waals surface area contributed by atoms with Gasteiger partial charge in [0, 0.05) is 12.1 Å². The number of carbonyl (C=O) groups excluding carboxylic acids is 2. The Kier molecular flexibility index (Phi) is 6.13. The molecular weight excluding hydrogens is 283 g/mol. The fourth-order valence-electron chi connectivity index (χ4n) is 2.42. The van der Waals surface area contributed by atoms with Crippen LogP contribution in [0.2, 0.25) is 0 Å². The SMILES string of the molecule is O=C(CNC(=O)c1ccc(F)cc1)NCCC1=CCCCC1. The second-order valence-electron chi connectivity index (χ2n) is 5.40. The van der Waals surface area contributed by atoms with Gasteiger partial charge in [-0.25, -0.2) is 4.39 Å². The molecule has 0 radical (unpaired) electrons. The topological polar surface area (TPSA) is 58.2 Å². The van der Waals surface area contributed by atoms with Gasteiger partial charge in [0.1, 0.15) is 5.82 Å². The number of benzene rings is 1. The highest BCUT2D eigenvalue weighted by molar-refractivity contribution is 5.96. The maximum atomic E-state index is 12.8. The Balaban J connectivity index is 1.65. The average molecular weight is 304 g/mol. The van der Waals surface area contributed by atoms with Gasteiger partial charge < -0.3 is 10.6 Å². The summed E-state index contributed by atoms with van der Waals surface area (Å²) in [5.41, 5.74) is 1.74. The highest BCUT2D eigenvalue weighted by Crippen LogP contribution is 2.19. The number of halogens is 1. The van der Waals surface area contributed by atoms with Gasteiger partial charge in [-0.3, -0.25) is 9.59 Å². The molecule has 0 spiro atoms. The van der Waals surface area contributed by atoms with Crippen LogP contribution < -0.4 is 10.6 Å². The van der Waals surface area contributed by atoms with Crippen molar-refractivity contribution in [1.29, 1.82) is 0 Å². The van der Waals surface area contributed by atoms with Gasteiger partial charge in [0.15, 0.2) is 0 Å². The van der Waals surface area contributed by atoms with E-state index in [1.165, 1.54) is 42.7 Å². The Labute approximate surface area is 129 Å². The van der Waals surface area contributed by atoms with Gasteiger partial charge in [-0.05, 0) is 56.4 Å². The molecule has 0 saturated carbocycles. The number of hydrogen-bond acceptors (Lipinski definition) is 2. The molecule has 0 atom stereocenters. The molecule has 4 nitrogen and oxygen atoms in total. The molecule has 22 heavy (non-hydrogen) atoms. The monoisotopic (exact) mass is 304 g/mol. The summed E-state index contributed by atoms with van der Waals surface area (Å²) in [6, 6.07) is 5.20. The van der Waals surface area contributed by atoms with Crippen LogP contribution in [0.3, 0.4) is 0 Å². The molecular formula is C17H21FN2O2. The third-order valence-corrected chi connectivity index (χ3v) is 3.67. The molecule has 0 unspecified atom stereocenters. The van der Waals surface area contributed by atoms with Crippen molar-refractivity contribution in [3.63, 3.8) is 0 Å². The first-order valence-corrected chi connectivity index (χ1v) is 7.63. The van der Waals surface area contributed by atoms with Gasteiger partial charge >= 0.3 is 0 Å². The van der Waals surface area contributed by atoms with E-state index in [-0.39, 0.29) is 18.4 Å². The zero-order chi connectivity index (χ0) is 15.8. The summed E-state index contributed by atoms with van der Waals surface area (Å²) in [4.78, 5) is 23.4. The normalized spacial score (nSPS) is 14.1. The van der Waals surface area contributed by atoms with Crippen LogP contribution in [0.25, 0.3) is 0 Å². The van der Waals surface area contributed by atoms with Crippen LogP contribution >= 0.6 is 0 Å². The van der Waals surface area contributed by atoms with Crippen LogP contribution in [0, 0.1) is 5.82 Å². The van der Waals surface area contributed by atoms with Crippen molar-refractivity contribution < 1.29 is 14.0 Å². The summed E-state index contributed by atoms with van der Waals surface area (Å²) in [7, 11) is 0. The Bertz CT molecular complexity index is 552. The number of hydrogen-bond donors (Lipinski definition) is 2. The van der Waals surface area contributed by atoms with Crippen molar-refractivity contribution in [2.75, 3.05) is 13.1 Å². The fraction of sp³-hybridized carbons (Fsp3) is 0.412. The maximum Gasteiger partial charge on any atom is 0.251 e. The molecule has 1 aliphatic rings. The van der Waals surface area contributed by atoms with Gasteiger partial charge in [-0.15, -0.1) is 0 Å². The van der Waals surface area contributed by atoms with E-state index in [4.69, 9.17) is 0 Å². The average Bonchev–Trinajstić information content (AvgIpc) is 2.54. The van der Waals surface area contributed by atoms with E-state index in [0.29, 0.717) is 12.1 Å². The van der Waals surface area contributed by atoms with Crippen LogP contribution in [-0.4, -0.2) is 24.9 Å². The number of rotatable bonds is 6. The van der Waals surface area contributed by atoms with E-state index in [1.807, 2.05) is 0 Å². The standard InChI is InChI=1S/C17H21FN2O2/c18-15-8-6-14(7-9-15)17(22)20-12-16(21)19-11-10-13-4-2-1-3-5-13/h4,6-9H,1-3,5,10-12H2,(H,19,21)(H,20,22). The van der Waals surface area contributed by atoms with Crippen LogP contribution in [0.15, 0.2) is 35.9 Å². The predicted octanol–water partition coefficient (Wildman–Crippen LogP) is 2.56. The van der Waals surface area contributed by atoms with Crippen molar-refractivity contribution in [3.05, 3.63) is 47.3 Å². The summed E-state index contributed by atoms with van der Waals surface area (Å²) < 4.78 is 12.8. The molecule has 2 rings (SSSR count). The van der Waals surface area contributed by atoms with Crippen molar-refractivity contribution >= 4 is 11.8 Å². The van der Waals surface area contributed by atoms with Gasteiger partial charge in [0.05, 0.1) is 6.54 Å². The quantitative estimate of drug-likeness (QED) is 0.794. The Morgan fingerprint density at radius 2 is 1.86 bits per heavy atom. The first kappa shape index (κ1) is 16.2. The minimum atomic E-state index is -0.397. The Morgan fingerprint density at radius 3 is 2.55 bits per heavy atom. The molecule has 0 bridgehead atoms. The van der Waals surface area contributed by atoms with Crippen molar-refractivity contribution in [3.8, 4) is 0 Å². The minimum absolute atomic E-state index is 0.0741. The molecule has 1 aromatic rings. The number of allylic oxidation sites excluding steroid dienone is 1. The second kappa shape index (κ2) is 8.32. The first-order chi connectivity index (χ1) is 10.6. The van der Waals surface area contributed by atoms with E-state index in [9.17, 15) is 14.0 Å². The lowest BCUT2D eigenvalue weighted by molar-refractivity contribution is -0.120. The van der Waals surface area contributed by atoms with Crippen LogP contribution in [0.4, 0.5) is 4.39 Å². The number of nitrogens with one attached hydrogen (secondary N) is 2. The molecule has 1 aromatic carbocycles. The van der Waals surface area contributed by atoms with Gasteiger partial charge in [0.2, 0.25) is 5.91 Å². The first-order valence-electron chi connectivity index (χ1n) is 7.63. The summed E-state index contributed by atoms with van der Waals surface area (Å²) in [5, 5.41) is 5.31. The third-order valence-electron chi connectivity index (χ3n) is 3.67. The molecule has 0 saturated heterocycles. The maximum absolute atomic E-state index is 12.8. The van der Waals surface area contributed by atoms with Crippen LogP contribution in [-0.2, 0) is 4.79 Å². The van der Waals surface area contributed by atoms with Crippen LogP contribution in [0.5, 0.6) is 0 Å². The van der Waals surface area contributed by atoms with E-state index in [2.05, 4.69) is 16.7 Å². The van der Waals surface area contributed by atoms with Gasteiger partial charge in [0.25, 0.3) is 5.91 Å². The minimum Gasteiger partial charge on any atom is -0.354 e.